The molecule has 10 heavy (non-hydrogen) atoms. The average Bonchev–Trinajstić information content (AvgIpc) is 1.88. The molecule has 1 N–H and O–H groups in total. The second-order valence-corrected chi connectivity index (χ2v) is 3.19. The van der Waals surface area contributed by atoms with E-state index in [0.29, 0.717) is 0 Å². The number of hydroxylamine groups is 2. The van der Waals surface area contributed by atoms with Crippen molar-refractivity contribution in [3.63, 3.8) is 0 Å². The molecule has 2 unspecified atom stereocenters. The van der Waals surface area contributed by atoms with E-state index < -0.39 is 0 Å². The van der Waals surface area contributed by atoms with Crippen LogP contribution in [0.5, 0.6) is 0 Å². The van der Waals surface area contributed by atoms with E-state index in [9.17, 15) is 0 Å². The number of rotatable bonds is 1. The summed E-state index contributed by atoms with van der Waals surface area (Å²) in [7, 11) is 1.69. The molecule has 1 aliphatic heterocycles. The molecular formula is C7H11BrNO+. The van der Waals surface area contributed by atoms with Gasteiger partial charge in [-0.3, -0.25) is 0 Å². The van der Waals surface area contributed by atoms with E-state index in [-0.39, 0.29) is 4.95 Å². The van der Waals surface area contributed by atoms with Crippen molar-refractivity contribution >= 4 is 15.9 Å². The highest BCUT2D eigenvalue weighted by molar-refractivity contribution is 9.09. The van der Waals surface area contributed by atoms with Gasteiger partial charge in [0.15, 0.2) is 4.95 Å². The second-order valence-electron chi connectivity index (χ2n) is 2.20. The second kappa shape index (κ2) is 3.32. The standard InChI is InChI=1S/C7H10BrNO/c1-6-4-3-5-7(8)9(6)10-2/h3-5,7H,1-2H3/p+1. The molecule has 1 rings (SSSR count). The van der Waals surface area contributed by atoms with Crippen LogP contribution in [0.25, 0.3) is 0 Å². The number of halogens is 1. The summed E-state index contributed by atoms with van der Waals surface area (Å²) in [6.45, 7) is 2.04. The highest BCUT2D eigenvalue weighted by Gasteiger charge is 2.21. The number of quaternary nitrogens is 1. The Morgan fingerprint density at radius 2 is 2.40 bits per heavy atom. The molecule has 2 nitrogen and oxygen atoms in total. The van der Waals surface area contributed by atoms with Gasteiger partial charge in [0.25, 0.3) is 0 Å². The van der Waals surface area contributed by atoms with Crippen LogP contribution in [0.1, 0.15) is 6.92 Å². The van der Waals surface area contributed by atoms with Gasteiger partial charge >= 0.3 is 0 Å². The minimum atomic E-state index is 0.252. The fourth-order valence-electron chi connectivity index (χ4n) is 0.958. The molecule has 3 heteroatoms. The van der Waals surface area contributed by atoms with E-state index in [2.05, 4.69) is 15.9 Å². The smallest absolute Gasteiger partial charge is 0.195 e. The third kappa shape index (κ3) is 1.48. The normalized spacial score (nSPS) is 32.1. The van der Waals surface area contributed by atoms with Crippen LogP contribution in [0.2, 0.25) is 0 Å². The molecule has 0 aromatic rings. The van der Waals surface area contributed by atoms with Crippen LogP contribution >= 0.6 is 15.9 Å². The van der Waals surface area contributed by atoms with Crippen LogP contribution in [0.4, 0.5) is 0 Å². The van der Waals surface area contributed by atoms with Gasteiger partial charge in [0, 0.05) is 6.92 Å². The third-order valence-corrected chi connectivity index (χ3v) is 2.21. The van der Waals surface area contributed by atoms with Gasteiger partial charge in [0.1, 0.15) is 5.70 Å². The van der Waals surface area contributed by atoms with E-state index >= 15 is 0 Å². The van der Waals surface area contributed by atoms with Crippen molar-refractivity contribution in [2.75, 3.05) is 7.11 Å². The van der Waals surface area contributed by atoms with E-state index in [1.807, 2.05) is 25.2 Å². The molecule has 0 spiro atoms. The van der Waals surface area contributed by atoms with Crippen LogP contribution in [0.3, 0.4) is 0 Å². The van der Waals surface area contributed by atoms with E-state index in [4.69, 9.17) is 4.84 Å². The Kier molecular flexibility index (Phi) is 2.65. The summed E-state index contributed by atoms with van der Waals surface area (Å²) >= 11 is 3.47. The van der Waals surface area contributed by atoms with Gasteiger partial charge in [-0.05, 0) is 28.1 Å². The van der Waals surface area contributed by atoms with E-state index in [1.54, 1.807) is 7.11 Å². The van der Waals surface area contributed by atoms with Crippen molar-refractivity contribution in [3.8, 4) is 0 Å². The molecule has 1 aliphatic rings. The van der Waals surface area contributed by atoms with Crippen LogP contribution in [-0.2, 0) is 4.84 Å². The Morgan fingerprint density at radius 1 is 1.70 bits per heavy atom. The molecule has 2 atom stereocenters. The lowest BCUT2D eigenvalue weighted by Gasteiger charge is -2.20. The van der Waals surface area contributed by atoms with Gasteiger partial charge in [0.05, 0.1) is 7.11 Å². The van der Waals surface area contributed by atoms with Crippen LogP contribution in [-0.4, -0.2) is 12.1 Å². The molecule has 0 aromatic carbocycles. The Balaban J connectivity index is 2.71. The lowest BCUT2D eigenvalue weighted by molar-refractivity contribution is -1.06. The van der Waals surface area contributed by atoms with Crippen LogP contribution < -0.4 is 5.06 Å². The monoisotopic (exact) mass is 204 g/mol. The minimum Gasteiger partial charge on any atom is -0.202 e. The molecule has 56 valence electrons. The summed E-state index contributed by atoms with van der Waals surface area (Å²) in [5, 5.41) is 1.00. The van der Waals surface area contributed by atoms with Crippen molar-refractivity contribution in [3.05, 3.63) is 23.9 Å². The van der Waals surface area contributed by atoms with Crippen molar-refractivity contribution in [2.45, 2.75) is 11.9 Å². The van der Waals surface area contributed by atoms with Gasteiger partial charge in [0.2, 0.25) is 0 Å². The Hall–Kier alpha value is -0.120. The summed E-state index contributed by atoms with van der Waals surface area (Å²) in [5.41, 5.74) is 1.19. The highest BCUT2D eigenvalue weighted by atomic mass is 79.9. The van der Waals surface area contributed by atoms with Gasteiger partial charge < -0.3 is 0 Å². The predicted molar refractivity (Wildman–Crippen MR) is 43.6 cm³/mol. The van der Waals surface area contributed by atoms with Crippen LogP contribution in [0, 0.1) is 0 Å². The fraction of sp³-hybridized carbons (Fsp3) is 0.429. The number of alkyl halides is 1. The van der Waals surface area contributed by atoms with E-state index in [0.717, 1.165) is 5.06 Å². The van der Waals surface area contributed by atoms with Crippen molar-refractivity contribution < 1.29 is 9.90 Å². The first-order valence-corrected chi connectivity index (χ1v) is 4.07. The van der Waals surface area contributed by atoms with Crippen molar-refractivity contribution in [1.82, 2.24) is 0 Å². The summed E-state index contributed by atoms with van der Waals surface area (Å²) < 4.78 is 0. The zero-order valence-corrected chi connectivity index (χ0v) is 7.68. The lowest BCUT2D eigenvalue weighted by Crippen LogP contribution is -3.11. The molecule has 0 aromatic heterocycles. The molecule has 0 saturated heterocycles. The zero-order chi connectivity index (χ0) is 7.56. The van der Waals surface area contributed by atoms with Gasteiger partial charge in [-0.25, -0.2) is 4.84 Å². The number of hydrogen-bond donors (Lipinski definition) is 1. The summed E-state index contributed by atoms with van der Waals surface area (Å²) in [6, 6.07) is 0. The zero-order valence-electron chi connectivity index (χ0n) is 6.10. The largest absolute Gasteiger partial charge is 0.202 e. The first-order valence-electron chi connectivity index (χ1n) is 3.16. The van der Waals surface area contributed by atoms with Crippen molar-refractivity contribution in [2.24, 2.45) is 0 Å². The number of hydrogen-bond acceptors (Lipinski definition) is 1. The highest BCUT2D eigenvalue weighted by Crippen LogP contribution is 2.00. The first kappa shape index (κ1) is 7.98. The molecule has 0 amide bonds. The molecule has 0 fully saturated rings. The van der Waals surface area contributed by atoms with Gasteiger partial charge in [-0.2, -0.15) is 0 Å². The third-order valence-electron chi connectivity index (χ3n) is 1.49. The predicted octanol–water partition coefficient (Wildman–Crippen LogP) is 0.627. The average molecular weight is 205 g/mol. The maximum absolute atomic E-state index is 5.17. The maximum atomic E-state index is 5.17. The first-order chi connectivity index (χ1) is 4.75. The number of nitrogens with one attached hydrogen (secondary N) is 1. The maximum Gasteiger partial charge on any atom is 0.195 e. The van der Waals surface area contributed by atoms with Crippen molar-refractivity contribution in [1.29, 1.82) is 0 Å². The molecule has 1 heterocycles. The summed E-state index contributed by atoms with van der Waals surface area (Å²) in [5.74, 6) is 0. The Labute approximate surface area is 69.2 Å². The minimum absolute atomic E-state index is 0.252. The lowest BCUT2D eigenvalue weighted by atomic mass is 10.3. The molecule has 0 radical (unpaired) electrons. The summed E-state index contributed by atoms with van der Waals surface area (Å²) in [6.07, 6.45) is 6.11. The Morgan fingerprint density at radius 3 is 2.80 bits per heavy atom. The molecule has 0 saturated carbocycles. The SMILES string of the molecule is CO[NH+]1C(C)=CC=CC1Br. The molecule has 0 aliphatic carbocycles. The van der Waals surface area contributed by atoms with Gasteiger partial charge in [-0.1, -0.05) is 6.08 Å². The summed E-state index contributed by atoms with van der Waals surface area (Å²) in [4.78, 5) is 5.42. The van der Waals surface area contributed by atoms with Gasteiger partial charge in [-0.15, -0.1) is 5.06 Å². The fourth-order valence-corrected chi connectivity index (χ4v) is 1.68. The van der Waals surface area contributed by atoms with Crippen LogP contribution in [0.15, 0.2) is 23.9 Å². The topological polar surface area (TPSA) is 13.7 Å². The molecular weight excluding hydrogens is 194 g/mol. The molecule has 0 bridgehead atoms. The van der Waals surface area contributed by atoms with E-state index in [1.165, 1.54) is 5.70 Å². The number of allylic oxidation sites excluding steroid dienone is 3. The quantitative estimate of drug-likeness (QED) is 0.489. The Bertz CT molecular complexity index is 176.